The van der Waals surface area contributed by atoms with Gasteiger partial charge in [0.25, 0.3) is 0 Å². The van der Waals surface area contributed by atoms with Gasteiger partial charge in [0.05, 0.1) is 6.04 Å². The lowest BCUT2D eigenvalue weighted by Crippen LogP contribution is -2.37. The summed E-state index contributed by atoms with van der Waals surface area (Å²) < 4.78 is 0. The fraction of sp³-hybridized carbons (Fsp3) is 0.316. The standard InChI is InChI=1S/C19H20N2O/c22-19(18-16-10-4-2-7-14(16)12-20-18)21-17-11-5-8-13-6-1-3-9-15(13)17/h1-4,6-7,9-10,17-18,20H,5,8,11-12H2,(H,21,22)/t17-,18?/m1/s1. The van der Waals surface area contributed by atoms with Crippen LogP contribution in [-0.2, 0) is 17.8 Å². The molecule has 0 aromatic heterocycles. The third kappa shape index (κ3) is 2.32. The van der Waals surface area contributed by atoms with Crippen molar-refractivity contribution in [3.05, 3.63) is 70.8 Å². The molecule has 0 radical (unpaired) electrons. The minimum Gasteiger partial charge on any atom is -0.348 e. The van der Waals surface area contributed by atoms with Gasteiger partial charge >= 0.3 is 0 Å². The number of rotatable bonds is 2. The predicted molar refractivity (Wildman–Crippen MR) is 86.3 cm³/mol. The molecule has 0 saturated heterocycles. The molecule has 2 aliphatic rings. The normalized spacial score (nSPS) is 22.7. The van der Waals surface area contributed by atoms with Gasteiger partial charge in [0.2, 0.25) is 5.91 Å². The minimum atomic E-state index is -0.217. The van der Waals surface area contributed by atoms with Crippen molar-refractivity contribution >= 4 is 5.91 Å². The summed E-state index contributed by atoms with van der Waals surface area (Å²) in [7, 11) is 0. The molecule has 0 bridgehead atoms. The Morgan fingerprint density at radius 2 is 1.73 bits per heavy atom. The number of hydrogen-bond donors (Lipinski definition) is 2. The zero-order valence-electron chi connectivity index (χ0n) is 12.5. The van der Waals surface area contributed by atoms with Crippen molar-refractivity contribution < 1.29 is 4.79 Å². The average Bonchev–Trinajstić information content (AvgIpc) is 2.99. The Balaban J connectivity index is 1.54. The van der Waals surface area contributed by atoms with Crippen LogP contribution in [0.3, 0.4) is 0 Å². The first-order valence-electron chi connectivity index (χ1n) is 8.02. The van der Waals surface area contributed by atoms with E-state index in [1.807, 2.05) is 18.2 Å². The summed E-state index contributed by atoms with van der Waals surface area (Å²) >= 11 is 0. The maximum absolute atomic E-state index is 12.7. The molecule has 2 aromatic rings. The highest BCUT2D eigenvalue weighted by molar-refractivity contribution is 5.84. The summed E-state index contributed by atoms with van der Waals surface area (Å²) in [5, 5.41) is 6.58. The highest BCUT2D eigenvalue weighted by atomic mass is 16.2. The molecular weight excluding hydrogens is 272 g/mol. The van der Waals surface area contributed by atoms with E-state index in [4.69, 9.17) is 0 Å². The van der Waals surface area contributed by atoms with Crippen LogP contribution in [0.1, 0.15) is 47.2 Å². The van der Waals surface area contributed by atoms with E-state index >= 15 is 0 Å². The average molecular weight is 292 g/mol. The summed E-state index contributed by atoms with van der Waals surface area (Å²) in [6.45, 7) is 0.773. The smallest absolute Gasteiger partial charge is 0.242 e. The molecule has 1 amide bonds. The highest BCUT2D eigenvalue weighted by Gasteiger charge is 2.30. The Bertz CT molecular complexity index is 710. The van der Waals surface area contributed by atoms with E-state index in [9.17, 15) is 4.79 Å². The van der Waals surface area contributed by atoms with E-state index in [0.717, 1.165) is 31.4 Å². The van der Waals surface area contributed by atoms with Crippen molar-refractivity contribution in [2.45, 2.75) is 37.9 Å². The van der Waals surface area contributed by atoms with Crippen LogP contribution in [0.2, 0.25) is 0 Å². The Morgan fingerprint density at radius 1 is 1.00 bits per heavy atom. The molecule has 112 valence electrons. The van der Waals surface area contributed by atoms with E-state index < -0.39 is 0 Å². The molecule has 3 heteroatoms. The summed E-state index contributed by atoms with van der Waals surface area (Å²) in [6, 6.07) is 16.6. The monoisotopic (exact) mass is 292 g/mol. The van der Waals surface area contributed by atoms with Gasteiger partial charge in [0.1, 0.15) is 6.04 Å². The zero-order chi connectivity index (χ0) is 14.9. The van der Waals surface area contributed by atoms with Crippen LogP contribution in [0, 0.1) is 0 Å². The van der Waals surface area contributed by atoms with Crippen molar-refractivity contribution in [2.75, 3.05) is 0 Å². The van der Waals surface area contributed by atoms with E-state index in [0.29, 0.717) is 0 Å². The van der Waals surface area contributed by atoms with E-state index in [1.165, 1.54) is 16.7 Å². The van der Waals surface area contributed by atoms with Gasteiger partial charge in [0.15, 0.2) is 0 Å². The van der Waals surface area contributed by atoms with Gasteiger partial charge < -0.3 is 5.32 Å². The first-order valence-corrected chi connectivity index (χ1v) is 8.02. The molecule has 1 unspecified atom stereocenters. The van der Waals surface area contributed by atoms with Crippen LogP contribution in [-0.4, -0.2) is 5.91 Å². The number of carbonyl (C=O) groups excluding carboxylic acids is 1. The molecule has 3 nitrogen and oxygen atoms in total. The summed E-state index contributed by atoms with van der Waals surface area (Å²) in [5.41, 5.74) is 5.00. The number of carbonyl (C=O) groups is 1. The van der Waals surface area contributed by atoms with Gasteiger partial charge in [-0.3, -0.25) is 10.1 Å². The highest BCUT2D eigenvalue weighted by Crippen LogP contribution is 2.31. The molecule has 1 aliphatic heterocycles. The van der Waals surface area contributed by atoms with E-state index in [2.05, 4.69) is 41.0 Å². The zero-order valence-corrected chi connectivity index (χ0v) is 12.5. The molecular formula is C19H20N2O. The third-order valence-electron chi connectivity index (χ3n) is 4.81. The second-order valence-corrected chi connectivity index (χ2v) is 6.16. The molecule has 1 heterocycles. The number of nitrogens with one attached hydrogen (secondary N) is 2. The Labute approximate surface area is 130 Å². The fourth-order valence-corrected chi connectivity index (χ4v) is 3.69. The van der Waals surface area contributed by atoms with Crippen LogP contribution in [0.4, 0.5) is 0 Å². The van der Waals surface area contributed by atoms with E-state index in [1.54, 1.807) is 0 Å². The first kappa shape index (κ1) is 13.5. The Hall–Kier alpha value is -2.13. The molecule has 22 heavy (non-hydrogen) atoms. The number of aryl methyl sites for hydroxylation is 1. The Kier molecular flexibility index (Phi) is 3.43. The quantitative estimate of drug-likeness (QED) is 0.893. The van der Waals surface area contributed by atoms with Crippen molar-refractivity contribution in [3.63, 3.8) is 0 Å². The van der Waals surface area contributed by atoms with Crippen LogP contribution < -0.4 is 10.6 Å². The predicted octanol–water partition coefficient (Wildman–Crippen LogP) is 3.02. The second kappa shape index (κ2) is 5.58. The largest absolute Gasteiger partial charge is 0.348 e. The third-order valence-corrected chi connectivity index (χ3v) is 4.81. The fourth-order valence-electron chi connectivity index (χ4n) is 3.69. The molecule has 2 aromatic carbocycles. The van der Waals surface area contributed by atoms with Gasteiger partial charge in [-0.1, -0.05) is 48.5 Å². The number of fused-ring (bicyclic) bond motifs is 2. The molecule has 0 fully saturated rings. The molecule has 4 rings (SSSR count). The van der Waals surface area contributed by atoms with Gasteiger partial charge in [-0.2, -0.15) is 0 Å². The molecule has 1 aliphatic carbocycles. The lowest BCUT2D eigenvalue weighted by atomic mass is 9.87. The van der Waals surface area contributed by atoms with Crippen molar-refractivity contribution in [2.24, 2.45) is 0 Å². The summed E-state index contributed by atoms with van der Waals surface area (Å²) in [6.07, 6.45) is 3.28. The molecule has 0 spiro atoms. The van der Waals surface area contributed by atoms with E-state index in [-0.39, 0.29) is 18.0 Å². The van der Waals surface area contributed by atoms with Crippen LogP contribution in [0.15, 0.2) is 48.5 Å². The minimum absolute atomic E-state index is 0.0895. The number of hydrogen-bond acceptors (Lipinski definition) is 2. The van der Waals surface area contributed by atoms with Gasteiger partial charge in [-0.05, 0) is 41.5 Å². The SMILES string of the molecule is O=C(N[C@@H]1CCCc2ccccc21)C1NCc2ccccc21. The van der Waals surface area contributed by atoms with Gasteiger partial charge in [0, 0.05) is 6.54 Å². The van der Waals surface area contributed by atoms with Crippen molar-refractivity contribution in [1.82, 2.24) is 10.6 Å². The van der Waals surface area contributed by atoms with Crippen LogP contribution in [0.5, 0.6) is 0 Å². The Morgan fingerprint density at radius 3 is 2.59 bits per heavy atom. The first-order chi connectivity index (χ1) is 10.8. The number of amides is 1. The van der Waals surface area contributed by atoms with Crippen LogP contribution in [0.25, 0.3) is 0 Å². The van der Waals surface area contributed by atoms with Gasteiger partial charge in [-0.15, -0.1) is 0 Å². The van der Waals surface area contributed by atoms with Gasteiger partial charge in [-0.25, -0.2) is 0 Å². The lowest BCUT2D eigenvalue weighted by molar-refractivity contribution is -0.124. The van der Waals surface area contributed by atoms with Crippen molar-refractivity contribution in [1.29, 1.82) is 0 Å². The maximum Gasteiger partial charge on any atom is 0.242 e. The summed E-state index contributed by atoms with van der Waals surface area (Å²) in [4.78, 5) is 12.7. The summed E-state index contributed by atoms with van der Waals surface area (Å²) in [5.74, 6) is 0.0895. The van der Waals surface area contributed by atoms with Crippen LogP contribution >= 0.6 is 0 Å². The molecule has 2 atom stereocenters. The molecule has 0 saturated carbocycles. The lowest BCUT2D eigenvalue weighted by Gasteiger charge is -2.27. The second-order valence-electron chi connectivity index (χ2n) is 6.16. The maximum atomic E-state index is 12.7. The topological polar surface area (TPSA) is 41.1 Å². The number of benzene rings is 2. The van der Waals surface area contributed by atoms with Crippen molar-refractivity contribution in [3.8, 4) is 0 Å². The molecule has 2 N–H and O–H groups in total.